The lowest BCUT2D eigenvalue weighted by atomic mass is 9.90. The fourth-order valence-corrected chi connectivity index (χ4v) is 5.48. The van der Waals surface area contributed by atoms with Gasteiger partial charge in [-0.3, -0.25) is 14.3 Å². The minimum atomic E-state index is 0.182. The van der Waals surface area contributed by atoms with Crippen molar-refractivity contribution in [3.8, 4) is 0 Å². The summed E-state index contributed by atoms with van der Waals surface area (Å²) in [4.78, 5) is 15.3. The maximum absolute atomic E-state index is 12.8. The van der Waals surface area contributed by atoms with E-state index in [9.17, 15) is 4.79 Å². The van der Waals surface area contributed by atoms with Gasteiger partial charge in [0.2, 0.25) is 5.91 Å². The van der Waals surface area contributed by atoms with E-state index in [0.717, 1.165) is 53.9 Å². The van der Waals surface area contributed by atoms with Gasteiger partial charge in [-0.25, -0.2) is 0 Å². The summed E-state index contributed by atoms with van der Waals surface area (Å²) in [5.41, 5.74) is 7.46. The van der Waals surface area contributed by atoms with E-state index in [1.54, 1.807) is 0 Å². The van der Waals surface area contributed by atoms with Crippen molar-refractivity contribution >= 4 is 39.3 Å². The number of carbonyl (C=O) groups is 1. The number of hydrogen-bond donors (Lipinski definition) is 0. The number of aryl methyl sites for hydroxylation is 1. The van der Waals surface area contributed by atoms with Gasteiger partial charge in [-0.05, 0) is 47.2 Å². The molecule has 0 aliphatic carbocycles. The third kappa shape index (κ3) is 2.58. The van der Waals surface area contributed by atoms with E-state index in [2.05, 4.69) is 41.3 Å². The first-order valence-electron chi connectivity index (χ1n) is 10.3. The normalized spacial score (nSPS) is 16.5. The number of aromatic nitrogens is 1. The molecule has 4 aromatic rings. The highest BCUT2D eigenvalue weighted by Crippen LogP contribution is 2.42. The molecule has 144 valence electrons. The summed E-state index contributed by atoms with van der Waals surface area (Å²) < 4.78 is 1.92. The summed E-state index contributed by atoms with van der Waals surface area (Å²) in [5.74, 6) is 0.182. The monoisotopic (exact) mass is 400 g/mol. The zero-order valence-corrected chi connectivity index (χ0v) is 16.9. The van der Waals surface area contributed by atoms with Crippen LogP contribution < -0.4 is 0 Å². The van der Waals surface area contributed by atoms with E-state index >= 15 is 0 Å². The third-order valence-corrected chi connectivity index (χ3v) is 6.78. The van der Waals surface area contributed by atoms with Gasteiger partial charge >= 0.3 is 0 Å². The molecule has 1 aromatic heterocycles. The Morgan fingerprint density at radius 3 is 2.62 bits per heavy atom. The highest BCUT2D eigenvalue weighted by molar-refractivity contribution is 6.39. The van der Waals surface area contributed by atoms with Crippen LogP contribution in [0.2, 0.25) is 5.02 Å². The molecule has 2 aliphatic rings. The molecular weight excluding hydrogens is 380 g/mol. The van der Waals surface area contributed by atoms with Crippen LogP contribution >= 0.6 is 11.6 Å². The standard InChI is InChI=1S/C25H21ClN2O/c26-20-7-4-8-21-24(20)23-19-11-12-27(14-16-5-2-1-3-6-16)15-18(19)13-17-9-10-22(29)28(21)25(17)23/h1-8,13H,9-12,14-15H2. The Kier molecular flexibility index (Phi) is 3.84. The Balaban J connectivity index is 1.54. The van der Waals surface area contributed by atoms with Crippen LogP contribution in [0.3, 0.4) is 0 Å². The van der Waals surface area contributed by atoms with E-state index in [-0.39, 0.29) is 5.91 Å². The number of rotatable bonds is 2. The van der Waals surface area contributed by atoms with Crippen LogP contribution in [0.15, 0.2) is 54.6 Å². The van der Waals surface area contributed by atoms with Crippen molar-refractivity contribution < 1.29 is 4.79 Å². The average Bonchev–Trinajstić information content (AvgIpc) is 3.09. The smallest absolute Gasteiger partial charge is 0.231 e. The first-order chi connectivity index (χ1) is 14.2. The molecule has 0 radical (unpaired) electrons. The van der Waals surface area contributed by atoms with Crippen molar-refractivity contribution in [1.82, 2.24) is 9.47 Å². The highest BCUT2D eigenvalue weighted by Gasteiger charge is 2.29. The van der Waals surface area contributed by atoms with E-state index < -0.39 is 0 Å². The van der Waals surface area contributed by atoms with Gasteiger partial charge in [0.15, 0.2) is 0 Å². The Hall–Kier alpha value is -2.62. The van der Waals surface area contributed by atoms with E-state index in [1.807, 2.05) is 22.8 Å². The second kappa shape index (κ2) is 6.45. The molecule has 0 amide bonds. The molecular formula is C25H21ClN2O. The van der Waals surface area contributed by atoms with Gasteiger partial charge in [-0.1, -0.05) is 54.1 Å². The first kappa shape index (κ1) is 17.3. The summed E-state index contributed by atoms with van der Waals surface area (Å²) in [6, 6.07) is 18.9. The van der Waals surface area contributed by atoms with Gasteiger partial charge < -0.3 is 0 Å². The van der Waals surface area contributed by atoms with Gasteiger partial charge in [0, 0.05) is 36.8 Å². The molecule has 3 nitrogen and oxygen atoms in total. The minimum absolute atomic E-state index is 0.182. The van der Waals surface area contributed by atoms with Crippen LogP contribution in [0.25, 0.3) is 21.8 Å². The molecule has 0 N–H and O–H groups in total. The number of benzene rings is 3. The fourth-order valence-electron chi connectivity index (χ4n) is 5.22. The maximum atomic E-state index is 12.8. The van der Waals surface area contributed by atoms with Gasteiger partial charge in [-0.2, -0.15) is 0 Å². The molecule has 2 aliphatic heterocycles. The predicted octanol–water partition coefficient (Wildman–Crippen LogP) is 5.59. The second-order valence-corrected chi connectivity index (χ2v) is 8.61. The molecule has 0 saturated carbocycles. The van der Waals surface area contributed by atoms with Crippen LogP contribution in [0.1, 0.15) is 33.5 Å². The van der Waals surface area contributed by atoms with E-state index in [0.29, 0.717) is 6.42 Å². The molecule has 0 atom stereocenters. The Labute approximate surface area is 174 Å². The van der Waals surface area contributed by atoms with Crippen LogP contribution in [0.5, 0.6) is 0 Å². The molecule has 3 heterocycles. The predicted molar refractivity (Wildman–Crippen MR) is 118 cm³/mol. The molecule has 29 heavy (non-hydrogen) atoms. The lowest BCUT2D eigenvalue weighted by molar-refractivity contribution is 0.0908. The molecule has 0 bridgehead atoms. The van der Waals surface area contributed by atoms with Crippen molar-refractivity contribution in [3.63, 3.8) is 0 Å². The summed E-state index contributed by atoms with van der Waals surface area (Å²) in [6.45, 7) is 2.92. The molecule has 0 unspecified atom stereocenters. The summed E-state index contributed by atoms with van der Waals surface area (Å²) in [7, 11) is 0. The molecule has 6 rings (SSSR count). The number of carbonyl (C=O) groups excluding carboxylic acids is 1. The zero-order chi connectivity index (χ0) is 19.5. The highest BCUT2D eigenvalue weighted by atomic mass is 35.5. The van der Waals surface area contributed by atoms with Gasteiger partial charge in [0.25, 0.3) is 0 Å². The summed E-state index contributed by atoms with van der Waals surface area (Å²) >= 11 is 6.67. The van der Waals surface area contributed by atoms with Crippen molar-refractivity contribution in [2.75, 3.05) is 6.54 Å². The third-order valence-electron chi connectivity index (χ3n) is 6.46. The topological polar surface area (TPSA) is 25.2 Å². The van der Waals surface area contributed by atoms with Crippen molar-refractivity contribution in [1.29, 1.82) is 0 Å². The van der Waals surface area contributed by atoms with Crippen molar-refractivity contribution in [3.05, 3.63) is 81.9 Å². The largest absolute Gasteiger partial charge is 0.294 e. The molecule has 0 saturated heterocycles. The maximum Gasteiger partial charge on any atom is 0.231 e. The number of halogens is 1. The van der Waals surface area contributed by atoms with Crippen LogP contribution in [0.4, 0.5) is 0 Å². The van der Waals surface area contributed by atoms with Crippen LogP contribution in [-0.4, -0.2) is 21.9 Å². The van der Waals surface area contributed by atoms with Crippen molar-refractivity contribution in [2.45, 2.75) is 32.4 Å². The number of fused-ring (bicyclic) bond motifs is 5. The van der Waals surface area contributed by atoms with E-state index in [1.165, 1.54) is 27.6 Å². The lowest BCUT2D eigenvalue weighted by Crippen LogP contribution is -2.30. The summed E-state index contributed by atoms with van der Waals surface area (Å²) in [5, 5.41) is 3.01. The van der Waals surface area contributed by atoms with Gasteiger partial charge in [0.05, 0.1) is 16.1 Å². The van der Waals surface area contributed by atoms with Gasteiger partial charge in [-0.15, -0.1) is 0 Å². The Bertz CT molecular complexity index is 1290. The van der Waals surface area contributed by atoms with Gasteiger partial charge in [0.1, 0.15) is 0 Å². The first-order valence-corrected chi connectivity index (χ1v) is 10.6. The SMILES string of the molecule is O=C1CCc2cc3c(c4c5c(Cl)cccc5n1c24)CCN(Cc1ccccc1)C3. The quantitative estimate of drug-likeness (QED) is 0.438. The van der Waals surface area contributed by atoms with Crippen molar-refractivity contribution in [2.24, 2.45) is 0 Å². The molecule has 3 aromatic carbocycles. The lowest BCUT2D eigenvalue weighted by Gasteiger charge is -2.30. The van der Waals surface area contributed by atoms with Crippen LogP contribution in [0, 0.1) is 0 Å². The number of nitrogens with zero attached hydrogens (tertiary/aromatic N) is 2. The molecule has 4 heteroatoms. The average molecular weight is 401 g/mol. The Morgan fingerprint density at radius 1 is 0.897 bits per heavy atom. The Morgan fingerprint density at radius 2 is 1.76 bits per heavy atom. The zero-order valence-electron chi connectivity index (χ0n) is 16.1. The molecule has 0 spiro atoms. The molecule has 0 fully saturated rings. The number of hydrogen-bond acceptors (Lipinski definition) is 2. The fraction of sp³-hybridized carbons (Fsp3) is 0.240. The minimum Gasteiger partial charge on any atom is -0.294 e. The van der Waals surface area contributed by atoms with Crippen LogP contribution in [-0.2, 0) is 25.9 Å². The van der Waals surface area contributed by atoms with E-state index in [4.69, 9.17) is 11.6 Å². The summed E-state index contributed by atoms with van der Waals surface area (Å²) in [6.07, 6.45) is 2.36. The second-order valence-electron chi connectivity index (χ2n) is 8.21.